The van der Waals surface area contributed by atoms with E-state index in [0.29, 0.717) is 11.9 Å². The SMILES string of the molecule is CCN1CCN(c2ccc(NC(=O)NC3CC3)nn2)CC1. The second-order valence-electron chi connectivity index (χ2n) is 5.57. The minimum atomic E-state index is -0.198. The lowest BCUT2D eigenvalue weighted by molar-refractivity contribution is 0.251. The third-order valence-electron chi connectivity index (χ3n) is 3.95. The summed E-state index contributed by atoms with van der Waals surface area (Å²) in [5, 5.41) is 13.9. The van der Waals surface area contributed by atoms with Crippen molar-refractivity contribution in [3.05, 3.63) is 12.1 Å². The van der Waals surface area contributed by atoms with Crippen LogP contribution in [0, 0.1) is 0 Å². The molecular formula is C14H22N6O. The molecule has 0 aromatic carbocycles. The summed E-state index contributed by atoms with van der Waals surface area (Å²) in [5.74, 6) is 1.36. The van der Waals surface area contributed by atoms with Gasteiger partial charge < -0.3 is 15.1 Å². The zero-order valence-corrected chi connectivity index (χ0v) is 12.4. The van der Waals surface area contributed by atoms with Gasteiger partial charge in [-0.25, -0.2) is 4.79 Å². The molecular weight excluding hydrogens is 268 g/mol. The van der Waals surface area contributed by atoms with Gasteiger partial charge in [0.15, 0.2) is 11.6 Å². The summed E-state index contributed by atoms with van der Waals surface area (Å²) < 4.78 is 0. The molecule has 1 saturated carbocycles. The van der Waals surface area contributed by atoms with Crippen LogP contribution in [0.15, 0.2) is 12.1 Å². The van der Waals surface area contributed by atoms with Crippen molar-refractivity contribution in [2.24, 2.45) is 0 Å². The van der Waals surface area contributed by atoms with Gasteiger partial charge in [0, 0.05) is 32.2 Å². The number of nitrogens with zero attached hydrogens (tertiary/aromatic N) is 4. The van der Waals surface area contributed by atoms with Crippen LogP contribution in [-0.4, -0.2) is 59.9 Å². The number of amides is 2. The molecule has 2 fully saturated rings. The van der Waals surface area contributed by atoms with E-state index in [4.69, 9.17) is 0 Å². The van der Waals surface area contributed by atoms with Gasteiger partial charge in [0.1, 0.15) is 0 Å². The number of likely N-dealkylation sites (N-methyl/N-ethyl adjacent to an activating group) is 1. The summed E-state index contributed by atoms with van der Waals surface area (Å²) >= 11 is 0. The molecule has 1 aromatic rings. The number of hydrogen-bond donors (Lipinski definition) is 2. The van der Waals surface area contributed by atoms with E-state index in [2.05, 4.69) is 37.6 Å². The third kappa shape index (κ3) is 3.81. The summed E-state index contributed by atoms with van der Waals surface area (Å²) in [7, 11) is 0. The van der Waals surface area contributed by atoms with Crippen molar-refractivity contribution in [3.8, 4) is 0 Å². The van der Waals surface area contributed by atoms with Gasteiger partial charge in [-0.05, 0) is 31.5 Å². The predicted octanol–water partition coefficient (Wildman–Crippen LogP) is 0.902. The van der Waals surface area contributed by atoms with Crippen LogP contribution in [-0.2, 0) is 0 Å². The lowest BCUT2D eigenvalue weighted by Crippen LogP contribution is -2.46. The van der Waals surface area contributed by atoms with E-state index in [1.807, 2.05) is 6.07 Å². The molecule has 2 N–H and O–H groups in total. The van der Waals surface area contributed by atoms with Gasteiger partial charge in [-0.1, -0.05) is 6.92 Å². The second kappa shape index (κ2) is 6.26. The molecule has 0 spiro atoms. The van der Waals surface area contributed by atoms with Crippen molar-refractivity contribution >= 4 is 17.7 Å². The molecule has 2 amide bonds. The Balaban J connectivity index is 1.52. The Kier molecular flexibility index (Phi) is 4.19. The quantitative estimate of drug-likeness (QED) is 0.862. The van der Waals surface area contributed by atoms with E-state index in [9.17, 15) is 4.79 Å². The van der Waals surface area contributed by atoms with Gasteiger partial charge in [0.2, 0.25) is 0 Å². The van der Waals surface area contributed by atoms with Gasteiger partial charge >= 0.3 is 6.03 Å². The molecule has 2 aliphatic rings. The van der Waals surface area contributed by atoms with Crippen molar-refractivity contribution in [2.45, 2.75) is 25.8 Å². The summed E-state index contributed by atoms with van der Waals surface area (Å²) in [6, 6.07) is 3.87. The molecule has 1 aliphatic carbocycles. The largest absolute Gasteiger partial charge is 0.353 e. The van der Waals surface area contributed by atoms with Crippen molar-refractivity contribution in [1.29, 1.82) is 0 Å². The van der Waals surface area contributed by atoms with E-state index >= 15 is 0 Å². The maximum Gasteiger partial charge on any atom is 0.320 e. The Bertz CT molecular complexity index is 479. The first-order valence-electron chi connectivity index (χ1n) is 7.63. The van der Waals surface area contributed by atoms with Gasteiger partial charge in [-0.15, -0.1) is 10.2 Å². The monoisotopic (exact) mass is 290 g/mol. The minimum Gasteiger partial charge on any atom is -0.353 e. The number of carbonyl (C=O) groups is 1. The third-order valence-corrected chi connectivity index (χ3v) is 3.95. The second-order valence-corrected chi connectivity index (χ2v) is 5.57. The molecule has 0 radical (unpaired) electrons. The Hall–Kier alpha value is -1.89. The molecule has 1 saturated heterocycles. The summed E-state index contributed by atoms with van der Waals surface area (Å²) in [6.07, 6.45) is 2.14. The average Bonchev–Trinajstić information content (AvgIpc) is 3.32. The lowest BCUT2D eigenvalue weighted by atomic mass is 10.3. The molecule has 2 heterocycles. The Morgan fingerprint density at radius 2 is 2.00 bits per heavy atom. The lowest BCUT2D eigenvalue weighted by Gasteiger charge is -2.34. The van der Waals surface area contributed by atoms with E-state index in [1.165, 1.54) is 0 Å². The fourth-order valence-electron chi connectivity index (χ4n) is 2.42. The van der Waals surface area contributed by atoms with Crippen LogP contribution in [0.2, 0.25) is 0 Å². The number of aromatic nitrogens is 2. The maximum absolute atomic E-state index is 11.6. The maximum atomic E-state index is 11.6. The Morgan fingerprint density at radius 1 is 1.24 bits per heavy atom. The van der Waals surface area contributed by atoms with Gasteiger partial charge in [0.05, 0.1) is 0 Å². The topological polar surface area (TPSA) is 73.4 Å². The van der Waals surface area contributed by atoms with Crippen molar-refractivity contribution < 1.29 is 4.79 Å². The molecule has 114 valence electrons. The molecule has 21 heavy (non-hydrogen) atoms. The first-order valence-corrected chi connectivity index (χ1v) is 7.63. The van der Waals surface area contributed by atoms with Crippen molar-refractivity contribution in [2.75, 3.05) is 42.9 Å². The molecule has 0 unspecified atom stereocenters. The summed E-state index contributed by atoms with van der Waals surface area (Å²) in [4.78, 5) is 16.3. The molecule has 3 rings (SSSR count). The highest BCUT2D eigenvalue weighted by Crippen LogP contribution is 2.19. The number of urea groups is 1. The predicted molar refractivity (Wildman–Crippen MR) is 81.5 cm³/mol. The van der Waals surface area contributed by atoms with Gasteiger partial charge in [-0.3, -0.25) is 5.32 Å². The van der Waals surface area contributed by atoms with Crippen molar-refractivity contribution in [3.63, 3.8) is 0 Å². The standard InChI is InChI=1S/C14H22N6O/c1-2-19-7-9-20(10-8-19)13-6-5-12(17-18-13)16-14(21)15-11-3-4-11/h5-6,11H,2-4,7-10H2,1H3,(H2,15,16,17,21). The smallest absolute Gasteiger partial charge is 0.320 e. The molecule has 1 aromatic heterocycles. The van der Waals surface area contributed by atoms with Crippen LogP contribution in [0.5, 0.6) is 0 Å². The Morgan fingerprint density at radius 3 is 2.57 bits per heavy atom. The molecule has 7 heteroatoms. The minimum absolute atomic E-state index is 0.198. The molecule has 1 aliphatic heterocycles. The fraction of sp³-hybridized carbons (Fsp3) is 0.643. The average molecular weight is 290 g/mol. The zero-order valence-electron chi connectivity index (χ0n) is 12.4. The number of carbonyl (C=O) groups excluding carboxylic acids is 1. The van der Waals surface area contributed by atoms with E-state index < -0.39 is 0 Å². The number of rotatable bonds is 4. The van der Waals surface area contributed by atoms with Crippen LogP contribution in [0.4, 0.5) is 16.4 Å². The molecule has 0 bridgehead atoms. The highest BCUT2D eigenvalue weighted by molar-refractivity contribution is 5.88. The first kappa shape index (κ1) is 14.1. The fourth-order valence-corrected chi connectivity index (χ4v) is 2.42. The van der Waals surface area contributed by atoms with Crippen LogP contribution in [0.1, 0.15) is 19.8 Å². The van der Waals surface area contributed by atoms with Crippen LogP contribution < -0.4 is 15.5 Å². The normalized spacial score (nSPS) is 19.4. The highest BCUT2D eigenvalue weighted by Gasteiger charge is 2.23. The van der Waals surface area contributed by atoms with E-state index in [0.717, 1.165) is 51.4 Å². The van der Waals surface area contributed by atoms with Gasteiger partial charge in [-0.2, -0.15) is 0 Å². The summed E-state index contributed by atoms with van der Waals surface area (Å²) in [6.45, 7) is 7.33. The van der Waals surface area contributed by atoms with Crippen LogP contribution in [0.25, 0.3) is 0 Å². The molecule has 7 nitrogen and oxygen atoms in total. The number of hydrogen-bond acceptors (Lipinski definition) is 5. The van der Waals surface area contributed by atoms with Gasteiger partial charge in [0.25, 0.3) is 0 Å². The van der Waals surface area contributed by atoms with E-state index in [-0.39, 0.29) is 6.03 Å². The van der Waals surface area contributed by atoms with Crippen LogP contribution >= 0.6 is 0 Å². The zero-order chi connectivity index (χ0) is 14.7. The van der Waals surface area contributed by atoms with E-state index in [1.54, 1.807) is 6.07 Å². The number of nitrogens with one attached hydrogen (secondary N) is 2. The highest BCUT2D eigenvalue weighted by atomic mass is 16.2. The summed E-state index contributed by atoms with van der Waals surface area (Å²) in [5.41, 5.74) is 0. The molecule has 0 atom stereocenters. The first-order chi connectivity index (χ1) is 10.2. The van der Waals surface area contributed by atoms with Crippen LogP contribution in [0.3, 0.4) is 0 Å². The van der Waals surface area contributed by atoms with Crippen molar-refractivity contribution in [1.82, 2.24) is 20.4 Å². The number of piperazine rings is 1. The Labute approximate surface area is 124 Å². The number of anilines is 2.